The van der Waals surface area contributed by atoms with Crippen LogP contribution < -0.4 is 22.3 Å². The maximum atomic E-state index is 9.99. The Balaban J connectivity index is 2.85. The number of amides is 1. The highest BCUT2D eigenvalue weighted by atomic mass is 16.7. The van der Waals surface area contributed by atoms with E-state index in [2.05, 4.69) is 21.4 Å². The van der Waals surface area contributed by atoms with Crippen LogP contribution in [0.1, 0.15) is 0 Å². The number of nitrogens with one attached hydrogen (secondary N) is 2. The molecule has 0 aromatic heterocycles. The molecule has 6 N–H and O–H groups in total. The minimum Gasteiger partial charge on any atom is -0.354 e. The van der Waals surface area contributed by atoms with Gasteiger partial charge in [-0.15, -0.1) is 0 Å². The molecule has 1 amide bonds. The summed E-state index contributed by atoms with van der Waals surface area (Å²) in [6.45, 7) is 2.54. The quantitative estimate of drug-likeness (QED) is 0.271. The lowest BCUT2D eigenvalue weighted by Gasteiger charge is -2.03. The van der Waals surface area contributed by atoms with Gasteiger partial charge < -0.3 is 21.6 Å². The Morgan fingerprint density at radius 3 is 2.64 bits per heavy atom. The second-order valence-electron chi connectivity index (χ2n) is 1.85. The molecule has 6 nitrogen and oxygen atoms in total. The number of hydroxylamine groups is 1. The van der Waals surface area contributed by atoms with Crippen LogP contribution in [0.5, 0.6) is 0 Å². The maximum Gasteiger partial charge on any atom is 0.423 e. The fourth-order valence-corrected chi connectivity index (χ4v) is 0.489. The molecule has 0 aromatic carbocycles. The summed E-state index contributed by atoms with van der Waals surface area (Å²) in [6, 6.07) is 0. The van der Waals surface area contributed by atoms with E-state index in [1.807, 2.05) is 0 Å². The molecule has 0 aromatic rings. The van der Waals surface area contributed by atoms with E-state index in [9.17, 15) is 4.79 Å². The fraction of sp³-hybridized carbons (Fsp3) is 0.800. The van der Waals surface area contributed by atoms with Gasteiger partial charge in [-0.05, 0) is 0 Å². The Labute approximate surface area is 65.2 Å². The largest absolute Gasteiger partial charge is 0.423 e. The van der Waals surface area contributed by atoms with Gasteiger partial charge in [-0.3, -0.25) is 0 Å². The lowest BCUT2D eigenvalue weighted by atomic mass is 10.6. The zero-order valence-corrected chi connectivity index (χ0v) is 6.30. The van der Waals surface area contributed by atoms with E-state index >= 15 is 0 Å². The molecule has 6 heteroatoms. The summed E-state index contributed by atoms with van der Waals surface area (Å²) in [6.07, 6.45) is -0.830. The third-order valence-corrected chi connectivity index (χ3v) is 0.898. The minimum absolute atomic E-state index is 0.517. The molecule has 0 atom stereocenters. The highest BCUT2D eigenvalue weighted by Crippen LogP contribution is 1.63. The minimum atomic E-state index is -0.830. The number of hydrogen-bond acceptors (Lipinski definition) is 5. The van der Waals surface area contributed by atoms with E-state index in [-0.39, 0.29) is 0 Å². The van der Waals surface area contributed by atoms with E-state index in [4.69, 9.17) is 5.73 Å². The van der Waals surface area contributed by atoms with Crippen LogP contribution in [0.4, 0.5) is 4.79 Å². The van der Waals surface area contributed by atoms with Crippen molar-refractivity contribution < 1.29 is 9.63 Å². The predicted octanol–water partition coefficient (Wildman–Crippen LogP) is -1.87. The van der Waals surface area contributed by atoms with Crippen LogP contribution in [0, 0.1) is 0 Å². The monoisotopic (exact) mass is 162 g/mol. The Bertz CT molecular complexity index is 109. The van der Waals surface area contributed by atoms with Crippen molar-refractivity contribution in [2.75, 3.05) is 26.2 Å². The molecule has 0 saturated carbocycles. The first-order chi connectivity index (χ1) is 5.27. The van der Waals surface area contributed by atoms with Gasteiger partial charge in [-0.25, -0.2) is 4.79 Å². The number of primary amides is 1. The molecule has 0 heterocycles. The summed E-state index contributed by atoms with van der Waals surface area (Å²) >= 11 is 0. The molecule has 0 radical (unpaired) electrons. The van der Waals surface area contributed by atoms with Gasteiger partial charge in [0, 0.05) is 26.2 Å². The number of rotatable bonds is 6. The molecule has 0 aliphatic heterocycles. The molecule has 66 valence electrons. The van der Waals surface area contributed by atoms with Crippen molar-refractivity contribution in [3.05, 3.63) is 0 Å². The van der Waals surface area contributed by atoms with Gasteiger partial charge in [0.05, 0.1) is 0 Å². The lowest BCUT2D eigenvalue weighted by Crippen LogP contribution is -2.33. The summed E-state index contributed by atoms with van der Waals surface area (Å²) in [7, 11) is 0. The SMILES string of the molecule is NCCNCCNOC(N)=O. The summed E-state index contributed by atoms with van der Waals surface area (Å²) in [5.41, 5.74) is 12.2. The zero-order valence-electron chi connectivity index (χ0n) is 6.30. The highest BCUT2D eigenvalue weighted by molar-refractivity contribution is 5.64. The van der Waals surface area contributed by atoms with Crippen LogP contribution >= 0.6 is 0 Å². The van der Waals surface area contributed by atoms with E-state index in [0.29, 0.717) is 19.6 Å². The molecule has 0 rings (SSSR count). The molecule has 0 aliphatic carbocycles. The van der Waals surface area contributed by atoms with Crippen molar-refractivity contribution in [2.45, 2.75) is 0 Å². The number of carbonyl (C=O) groups is 1. The van der Waals surface area contributed by atoms with E-state index < -0.39 is 6.09 Å². The number of hydrogen-bond donors (Lipinski definition) is 4. The Kier molecular flexibility index (Phi) is 6.70. The van der Waals surface area contributed by atoms with Crippen LogP contribution in [-0.2, 0) is 4.84 Å². The van der Waals surface area contributed by atoms with Crippen molar-refractivity contribution in [1.82, 2.24) is 10.8 Å². The topological polar surface area (TPSA) is 102 Å². The highest BCUT2D eigenvalue weighted by Gasteiger charge is 1.90. The summed E-state index contributed by atoms with van der Waals surface area (Å²) in [5.74, 6) is 0. The Morgan fingerprint density at radius 2 is 2.09 bits per heavy atom. The van der Waals surface area contributed by atoms with Gasteiger partial charge in [-0.1, -0.05) is 0 Å². The van der Waals surface area contributed by atoms with Crippen molar-refractivity contribution >= 4 is 6.09 Å². The first-order valence-electron chi connectivity index (χ1n) is 3.37. The average molecular weight is 162 g/mol. The molecule has 0 aliphatic rings. The van der Waals surface area contributed by atoms with Gasteiger partial charge in [0.1, 0.15) is 0 Å². The van der Waals surface area contributed by atoms with Crippen LogP contribution in [-0.4, -0.2) is 32.3 Å². The second kappa shape index (κ2) is 7.26. The molecule has 11 heavy (non-hydrogen) atoms. The first kappa shape index (κ1) is 10.2. The number of carbonyl (C=O) groups excluding carboxylic acids is 1. The molecule has 0 saturated heterocycles. The van der Waals surface area contributed by atoms with E-state index in [1.165, 1.54) is 0 Å². The fourth-order valence-electron chi connectivity index (χ4n) is 0.489. The maximum absolute atomic E-state index is 9.99. The predicted molar refractivity (Wildman–Crippen MR) is 40.6 cm³/mol. The number of nitrogens with two attached hydrogens (primary N) is 2. The standard InChI is InChI=1S/C5H14N4O2/c6-1-2-8-3-4-9-11-5(7)10/h8-9H,1-4,6H2,(H2,7,10). The molecular weight excluding hydrogens is 148 g/mol. The smallest absolute Gasteiger partial charge is 0.354 e. The third kappa shape index (κ3) is 9.15. The van der Waals surface area contributed by atoms with E-state index in [0.717, 1.165) is 6.54 Å². The summed E-state index contributed by atoms with van der Waals surface area (Å²) in [5, 5.41) is 2.99. The molecule has 0 unspecified atom stereocenters. The van der Waals surface area contributed by atoms with Crippen molar-refractivity contribution in [3.63, 3.8) is 0 Å². The van der Waals surface area contributed by atoms with Crippen molar-refractivity contribution in [2.24, 2.45) is 11.5 Å². The van der Waals surface area contributed by atoms with E-state index in [1.54, 1.807) is 0 Å². The van der Waals surface area contributed by atoms with Gasteiger partial charge in [-0.2, -0.15) is 5.48 Å². The summed E-state index contributed by atoms with van der Waals surface area (Å²) < 4.78 is 0. The van der Waals surface area contributed by atoms with Crippen LogP contribution in [0.25, 0.3) is 0 Å². The molecular formula is C5H14N4O2. The zero-order chi connectivity index (χ0) is 8.53. The van der Waals surface area contributed by atoms with Crippen LogP contribution in [0.15, 0.2) is 0 Å². The molecule has 0 bridgehead atoms. The van der Waals surface area contributed by atoms with Gasteiger partial charge in [0.25, 0.3) is 0 Å². The second-order valence-corrected chi connectivity index (χ2v) is 1.85. The van der Waals surface area contributed by atoms with Crippen LogP contribution in [0.3, 0.4) is 0 Å². The first-order valence-corrected chi connectivity index (χ1v) is 3.37. The lowest BCUT2D eigenvalue weighted by molar-refractivity contribution is 0.0992. The Hall–Kier alpha value is -0.850. The van der Waals surface area contributed by atoms with Gasteiger partial charge >= 0.3 is 6.09 Å². The third-order valence-electron chi connectivity index (χ3n) is 0.898. The van der Waals surface area contributed by atoms with Gasteiger partial charge in [0.2, 0.25) is 0 Å². The van der Waals surface area contributed by atoms with Gasteiger partial charge in [0.15, 0.2) is 0 Å². The molecule has 0 spiro atoms. The van der Waals surface area contributed by atoms with Crippen molar-refractivity contribution in [1.29, 1.82) is 0 Å². The average Bonchev–Trinajstić information content (AvgIpc) is 1.96. The summed E-state index contributed by atoms with van der Waals surface area (Å²) in [4.78, 5) is 14.2. The van der Waals surface area contributed by atoms with Crippen LogP contribution in [0.2, 0.25) is 0 Å². The Morgan fingerprint density at radius 1 is 1.36 bits per heavy atom. The molecule has 0 fully saturated rings. The van der Waals surface area contributed by atoms with Crippen molar-refractivity contribution in [3.8, 4) is 0 Å². The normalized spacial score (nSPS) is 9.55.